The molecule has 0 aromatic carbocycles. The van der Waals surface area contributed by atoms with Crippen LogP contribution in [-0.4, -0.2) is 37.2 Å². The summed E-state index contributed by atoms with van der Waals surface area (Å²) in [5.74, 6) is -1.13. The molecule has 0 rings (SSSR count). The van der Waals surface area contributed by atoms with Crippen LogP contribution >= 0.6 is 0 Å². The molecule has 0 heterocycles. The van der Waals surface area contributed by atoms with E-state index in [9.17, 15) is 14.4 Å². The van der Waals surface area contributed by atoms with E-state index >= 15 is 0 Å². The van der Waals surface area contributed by atoms with Crippen LogP contribution in [0, 0.1) is 0 Å². The molecule has 0 amide bonds. The van der Waals surface area contributed by atoms with E-state index in [1.807, 2.05) is 6.08 Å². The van der Waals surface area contributed by atoms with Gasteiger partial charge in [0.25, 0.3) is 0 Å². The van der Waals surface area contributed by atoms with E-state index < -0.39 is 12.1 Å². The molecule has 0 aliphatic carbocycles. The number of rotatable bonds is 45. The van der Waals surface area contributed by atoms with E-state index in [0.29, 0.717) is 19.3 Å². The number of ether oxygens (including phenoxy) is 3. The fraction of sp³-hybridized carbons (Fsp3) is 0.583. The molecule has 0 saturated heterocycles. The van der Waals surface area contributed by atoms with Gasteiger partial charge in [-0.15, -0.1) is 0 Å². The lowest BCUT2D eigenvalue weighted by molar-refractivity contribution is -0.166. The fourth-order valence-electron chi connectivity index (χ4n) is 6.54. The lowest BCUT2D eigenvalue weighted by Gasteiger charge is -2.18. The Kier molecular flexibility index (Phi) is 49.6. The number of esters is 3. The van der Waals surface area contributed by atoms with Crippen LogP contribution in [0.15, 0.2) is 134 Å². The summed E-state index contributed by atoms with van der Waals surface area (Å²) in [5.41, 5.74) is 0. The maximum Gasteiger partial charge on any atom is 0.310 e. The molecule has 6 heteroatoms. The lowest BCUT2D eigenvalue weighted by atomic mass is 10.1. The molecular formula is C60H94O6. The fourth-order valence-corrected chi connectivity index (χ4v) is 6.54. The minimum Gasteiger partial charge on any atom is -0.462 e. The largest absolute Gasteiger partial charge is 0.462 e. The highest BCUT2D eigenvalue weighted by molar-refractivity contribution is 5.72. The molecule has 0 N–H and O–H groups in total. The summed E-state index contributed by atoms with van der Waals surface area (Å²) in [6.07, 6.45) is 74.6. The van der Waals surface area contributed by atoms with Crippen molar-refractivity contribution in [3.63, 3.8) is 0 Å². The van der Waals surface area contributed by atoms with Crippen LogP contribution in [0.25, 0.3) is 0 Å². The van der Waals surface area contributed by atoms with Crippen molar-refractivity contribution in [3.05, 3.63) is 134 Å². The summed E-state index contributed by atoms with van der Waals surface area (Å²) in [6, 6.07) is 0. The first-order valence-corrected chi connectivity index (χ1v) is 26.2. The summed E-state index contributed by atoms with van der Waals surface area (Å²) in [5, 5.41) is 0. The first-order chi connectivity index (χ1) is 32.5. The Morgan fingerprint density at radius 1 is 0.333 bits per heavy atom. The maximum atomic E-state index is 12.7. The highest BCUT2D eigenvalue weighted by Gasteiger charge is 2.19. The van der Waals surface area contributed by atoms with Crippen molar-refractivity contribution in [3.8, 4) is 0 Å². The topological polar surface area (TPSA) is 78.9 Å². The van der Waals surface area contributed by atoms with Gasteiger partial charge in [-0.1, -0.05) is 206 Å². The summed E-state index contributed by atoms with van der Waals surface area (Å²) in [7, 11) is 0. The van der Waals surface area contributed by atoms with Crippen LogP contribution in [0.5, 0.6) is 0 Å². The van der Waals surface area contributed by atoms with Crippen molar-refractivity contribution in [1.82, 2.24) is 0 Å². The number of carbonyl (C=O) groups is 3. The number of allylic oxidation sites excluding steroid dienone is 21. The molecule has 0 bridgehead atoms. The van der Waals surface area contributed by atoms with Crippen molar-refractivity contribution in [1.29, 1.82) is 0 Å². The standard InChI is InChI=1S/C60H94O6/c1-4-7-10-13-16-19-22-25-28-29-30-33-35-38-41-44-47-50-53-59(62)65-56-57(66-60(63)54-51-48-45-42-39-36-32-27-24-21-18-15-12-9-6-3)55-64-58(61)52-49-46-43-40-37-34-31-26-23-20-17-14-11-8-5-2/h8-9,11-12,17-22,26-29,31-32,37,39-40,42,48,51,57H,4-7,10,13-16,23-25,30,33-36,38,41,43-47,49-50,52-56H2,1-3H3/b11-8-,12-9-,20-17-,21-18-,22-19-,29-28-,31-26-,32-27-,40-37-,42-39-,51-48-. The Labute approximate surface area is 405 Å². The third-order valence-electron chi connectivity index (χ3n) is 10.4. The van der Waals surface area contributed by atoms with Crippen molar-refractivity contribution in [2.75, 3.05) is 13.2 Å². The van der Waals surface area contributed by atoms with Gasteiger partial charge in [0.15, 0.2) is 6.10 Å². The minimum absolute atomic E-state index is 0.0802. The molecule has 1 unspecified atom stereocenters. The third kappa shape index (κ3) is 50.5. The van der Waals surface area contributed by atoms with Crippen LogP contribution in [0.4, 0.5) is 0 Å². The predicted molar refractivity (Wildman–Crippen MR) is 283 cm³/mol. The lowest BCUT2D eigenvalue weighted by Crippen LogP contribution is -2.30. The molecule has 0 aromatic heterocycles. The molecule has 0 aliphatic rings. The van der Waals surface area contributed by atoms with Gasteiger partial charge in [-0.2, -0.15) is 0 Å². The molecular weight excluding hydrogens is 817 g/mol. The quantitative estimate of drug-likeness (QED) is 0.0262. The molecule has 0 aliphatic heterocycles. The summed E-state index contributed by atoms with van der Waals surface area (Å²) in [6.45, 7) is 6.24. The SMILES string of the molecule is CC/C=C\C/C=C\C/C=C\C/C=C\C/C=C\CC(=O)OC(COC(=O)CCCC/C=C\C/C=C\C/C=C\C/C=C\CC)COC(=O)CCCCCCCCC/C=C\C/C=C\CCCCCC. The number of unbranched alkanes of at least 4 members (excludes halogenated alkanes) is 13. The Bertz CT molecular complexity index is 1460. The smallest absolute Gasteiger partial charge is 0.310 e. The van der Waals surface area contributed by atoms with Gasteiger partial charge >= 0.3 is 17.9 Å². The molecule has 0 spiro atoms. The normalized spacial score (nSPS) is 13.2. The first-order valence-electron chi connectivity index (χ1n) is 26.2. The Hall–Kier alpha value is -4.45. The van der Waals surface area contributed by atoms with Crippen molar-refractivity contribution in [2.45, 2.75) is 213 Å². The summed E-state index contributed by atoms with van der Waals surface area (Å²) >= 11 is 0. The average molecular weight is 911 g/mol. The third-order valence-corrected chi connectivity index (χ3v) is 10.4. The molecule has 0 fully saturated rings. The summed E-state index contributed by atoms with van der Waals surface area (Å²) in [4.78, 5) is 38.0. The second-order valence-corrected chi connectivity index (χ2v) is 16.7. The van der Waals surface area contributed by atoms with Gasteiger partial charge < -0.3 is 14.2 Å². The van der Waals surface area contributed by atoms with Crippen LogP contribution in [0.3, 0.4) is 0 Å². The second kappa shape index (κ2) is 53.2. The minimum atomic E-state index is -0.857. The van der Waals surface area contributed by atoms with Crippen LogP contribution in [0.2, 0.25) is 0 Å². The molecule has 0 aromatic rings. The van der Waals surface area contributed by atoms with Gasteiger partial charge in [-0.3, -0.25) is 14.4 Å². The van der Waals surface area contributed by atoms with Gasteiger partial charge in [0.1, 0.15) is 13.2 Å². The van der Waals surface area contributed by atoms with E-state index in [1.54, 1.807) is 6.08 Å². The van der Waals surface area contributed by atoms with E-state index in [4.69, 9.17) is 14.2 Å². The molecule has 0 radical (unpaired) electrons. The van der Waals surface area contributed by atoms with Gasteiger partial charge in [0.05, 0.1) is 6.42 Å². The van der Waals surface area contributed by atoms with Crippen LogP contribution < -0.4 is 0 Å². The number of carbonyl (C=O) groups excluding carboxylic acids is 3. The Morgan fingerprint density at radius 2 is 0.636 bits per heavy atom. The second-order valence-electron chi connectivity index (χ2n) is 16.7. The zero-order chi connectivity index (χ0) is 47.9. The highest BCUT2D eigenvalue weighted by atomic mass is 16.6. The molecule has 370 valence electrons. The summed E-state index contributed by atoms with van der Waals surface area (Å²) < 4.78 is 16.6. The van der Waals surface area contributed by atoms with Gasteiger partial charge in [-0.05, 0) is 116 Å². The van der Waals surface area contributed by atoms with Crippen LogP contribution in [0.1, 0.15) is 207 Å². The molecule has 0 saturated carbocycles. The van der Waals surface area contributed by atoms with E-state index in [2.05, 4.69) is 142 Å². The number of hydrogen-bond donors (Lipinski definition) is 0. The predicted octanol–water partition coefficient (Wildman–Crippen LogP) is 17.5. The maximum absolute atomic E-state index is 12.7. The van der Waals surface area contributed by atoms with Gasteiger partial charge in [0, 0.05) is 12.8 Å². The van der Waals surface area contributed by atoms with Crippen molar-refractivity contribution in [2.24, 2.45) is 0 Å². The Balaban J connectivity index is 4.59. The van der Waals surface area contributed by atoms with E-state index in [1.165, 1.54) is 57.8 Å². The zero-order valence-electron chi connectivity index (χ0n) is 42.1. The monoisotopic (exact) mass is 911 g/mol. The van der Waals surface area contributed by atoms with Crippen LogP contribution in [-0.2, 0) is 28.6 Å². The van der Waals surface area contributed by atoms with Gasteiger partial charge in [-0.25, -0.2) is 0 Å². The highest BCUT2D eigenvalue weighted by Crippen LogP contribution is 2.12. The van der Waals surface area contributed by atoms with Crippen molar-refractivity contribution >= 4 is 17.9 Å². The van der Waals surface area contributed by atoms with E-state index in [-0.39, 0.29) is 38.0 Å². The zero-order valence-corrected chi connectivity index (χ0v) is 42.1. The molecule has 66 heavy (non-hydrogen) atoms. The van der Waals surface area contributed by atoms with Gasteiger partial charge in [0.2, 0.25) is 0 Å². The Morgan fingerprint density at radius 3 is 1.03 bits per heavy atom. The molecule has 6 nitrogen and oxygen atoms in total. The average Bonchev–Trinajstić information content (AvgIpc) is 3.31. The number of hydrogen-bond acceptors (Lipinski definition) is 6. The van der Waals surface area contributed by atoms with E-state index in [0.717, 1.165) is 96.3 Å². The van der Waals surface area contributed by atoms with Crippen molar-refractivity contribution < 1.29 is 28.6 Å². The molecule has 1 atom stereocenters. The first kappa shape index (κ1) is 61.5.